The number of carboxylic acid groups (broad SMARTS) is 1. The van der Waals surface area contributed by atoms with Crippen LogP contribution in [0.4, 0.5) is 0 Å². The molecule has 2 fully saturated rings. The maximum atomic E-state index is 11.2. The topological polar surface area (TPSA) is 66.6 Å². The zero-order valence-corrected chi connectivity index (χ0v) is 8.57. The molecule has 2 bridgehead atoms. The van der Waals surface area contributed by atoms with Gasteiger partial charge in [0.2, 0.25) is 0 Å². The van der Waals surface area contributed by atoms with Gasteiger partial charge in [0.1, 0.15) is 5.54 Å². The number of piperidine rings is 1. The van der Waals surface area contributed by atoms with Crippen LogP contribution in [0, 0.1) is 11.8 Å². The van der Waals surface area contributed by atoms with Crippen molar-refractivity contribution in [1.82, 2.24) is 4.90 Å². The van der Waals surface area contributed by atoms with Crippen LogP contribution in [0.15, 0.2) is 0 Å². The third-order valence-electron chi connectivity index (χ3n) is 3.99. The van der Waals surface area contributed by atoms with Gasteiger partial charge in [-0.05, 0) is 19.4 Å². The number of carbonyl (C=O) groups is 1. The van der Waals surface area contributed by atoms with Crippen LogP contribution in [-0.2, 0) is 4.79 Å². The van der Waals surface area contributed by atoms with E-state index < -0.39 is 11.5 Å². The SMILES string of the molecule is CCN1CC2CCC(C1)C2(N)C(=O)O. The number of hydrogen-bond acceptors (Lipinski definition) is 3. The normalized spacial score (nSPS) is 42.7. The standard InChI is InChI=1S/C10H18N2O2/c1-2-12-5-7-3-4-8(6-12)10(7,11)9(13)14/h7-8H,2-6,11H2,1H3,(H,13,14). The van der Waals surface area contributed by atoms with Crippen LogP contribution < -0.4 is 5.73 Å². The number of nitrogens with two attached hydrogens (primary N) is 1. The molecular formula is C10H18N2O2. The van der Waals surface area contributed by atoms with Crippen LogP contribution in [0.1, 0.15) is 19.8 Å². The van der Waals surface area contributed by atoms with E-state index in [4.69, 9.17) is 5.73 Å². The predicted molar refractivity (Wildman–Crippen MR) is 52.9 cm³/mol. The molecule has 0 radical (unpaired) electrons. The van der Waals surface area contributed by atoms with Crippen LogP contribution in [0.25, 0.3) is 0 Å². The molecule has 80 valence electrons. The number of hydrogen-bond donors (Lipinski definition) is 2. The molecular weight excluding hydrogens is 180 g/mol. The molecule has 0 aromatic rings. The summed E-state index contributed by atoms with van der Waals surface area (Å²) >= 11 is 0. The van der Waals surface area contributed by atoms with E-state index >= 15 is 0 Å². The van der Waals surface area contributed by atoms with Crippen molar-refractivity contribution in [3.8, 4) is 0 Å². The molecule has 2 unspecified atom stereocenters. The fourth-order valence-electron chi connectivity index (χ4n) is 3.00. The summed E-state index contributed by atoms with van der Waals surface area (Å²) in [6, 6.07) is 0. The monoisotopic (exact) mass is 198 g/mol. The molecule has 4 nitrogen and oxygen atoms in total. The first-order chi connectivity index (χ1) is 6.59. The Kier molecular flexibility index (Phi) is 2.27. The second-order valence-electron chi connectivity index (χ2n) is 4.56. The molecule has 3 N–H and O–H groups in total. The summed E-state index contributed by atoms with van der Waals surface area (Å²) in [5, 5.41) is 9.19. The van der Waals surface area contributed by atoms with E-state index in [1.165, 1.54) is 0 Å². The van der Waals surface area contributed by atoms with E-state index in [0.717, 1.165) is 32.5 Å². The van der Waals surface area contributed by atoms with Gasteiger partial charge in [0, 0.05) is 24.9 Å². The van der Waals surface area contributed by atoms with E-state index in [9.17, 15) is 9.90 Å². The summed E-state index contributed by atoms with van der Waals surface area (Å²) in [5.74, 6) is -0.502. The number of rotatable bonds is 2. The molecule has 1 heterocycles. The molecule has 14 heavy (non-hydrogen) atoms. The zero-order valence-electron chi connectivity index (χ0n) is 8.57. The van der Waals surface area contributed by atoms with Gasteiger partial charge >= 0.3 is 5.97 Å². The molecule has 1 aliphatic heterocycles. The maximum Gasteiger partial charge on any atom is 0.324 e. The molecule has 2 aliphatic rings. The number of aliphatic carboxylic acids is 1. The van der Waals surface area contributed by atoms with Gasteiger partial charge in [-0.1, -0.05) is 6.92 Å². The van der Waals surface area contributed by atoms with E-state index in [0.29, 0.717) is 0 Å². The summed E-state index contributed by atoms with van der Waals surface area (Å²) in [6.45, 7) is 4.83. The van der Waals surface area contributed by atoms with Crippen LogP contribution in [0.2, 0.25) is 0 Å². The minimum atomic E-state index is -0.939. The Morgan fingerprint density at radius 1 is 1.50 bits per heavy atom. The lowest BCUT2D eigenvalue weighted by Crippen LogP contribution is -2.63. The average molecular weight is 198 g/mol. The predicted octanol–water partition coefficient (Wildman–Crippen LogP) is 0.130. The second kappa shape index (κ2) is 3.21. The minimum absolute atomic E-state index is 0.152. The molecule has 2 rings (SSSR count). The molecule has 1 aliphatic carbocycles. The Morgan fingerprint density at radius 2 is 2.00 bits per heavy atom. The Labute approximate surface area is 84.1 Å². The van der Waals surface area contributed by atoms with Gasteiger partial charge in [-0.25, -0.2) is 0 Å². The highest BCUT2D eigenvalue weighted by molar-refractivity contribution is 5.80. The number of carboxylic acids is 1. The molecule has 2 atom stereocenters. The lowest BCUT2D eigenvalue weighted by atomic mass is 9.78. The summed E-state index contributed by atoms with van der Waals surface area (Å²) < 4.78 is 0. The Balaban J connectivity index is 2.21. The Hall–Kier alpha value is -0.610. The highest BCUT2D eigenvalue weighted by Gasteiger charge is 2.56. The second-order valence-corrected chi connectivity index (χ2v) is 4.56. The van der Waals surface area contributed by atoms with Gasteiger partial charge in [-0.15, -0.1) is 0 Å². The van der Waals surface area contributed by atoms with Gasteiger partial charge in [0.25, 0.3) is 0 Å². The number of fused-ring (bicyclic) bond motifs is 2. The molecule has 4 heteroatoms. The smallest absolute Gasteiger partial charge is 0.324 e. The summed E-state index contributed by atoms with van der Waals surface area (Å²) in [5.41, 5.74) is 5.10. The van der Waals surface area contributed by atoms with Crippen molar-refractivity contribution < 1.29 is 9.90 Å². The van der Waals surface area contributed by atoms with Crippen molar-refractivity contribution >= 4 is 5.97 Å². The van der Waals surface area contributed by atoms with Crippen molar-refractivity contribution in [2.45, 2.75) is 25.3 Å². The highest BCUT2D eigenvalue weighted by atomic mass is 16.4. The van der Waals surface area contributed by atoms with E-state index in [1.54, 1.807) is 0 Å². The van der Waals surface area contributed by atoms with Crippen LogP contribution >= 0.6 is 0 Å². The Bertz CT molecular complexity index is 241. The lowest BCUT2D eigenvalue weighted by molar-refractivity contribution is -0.149. The maximum absolute atomic E-state index is 11.2. The quantitative estimate of drug-likeness (QED) is 0.662. The Morgan fingerprint density at radius 3 is 2.36 bits per heavy atom. The molecule has 0 aromatic carbocycles. The van der Waals surface area contributed by atoms with Crippen LogP contribution in [-0.4, -0.2) is 41.1 Å². The number of nitrogens with zero attached hydrogens (tertiary/aromatic N) is 1. The first-order valence-corrected chi connectivity index (χ1v) is 5.33. The molecule has 0 aromatic heterocycles. The van der Waals surface area contributed by atoms with Gasteiger partial charge in [0.15, 0.2) is 0 Å². The first kappa shape index (κ1) is 9.93. The summed E-state index contributed by atoms with van der Waals surface area (Å²) in [6.07, 6.45) is 1.95. The average Bonchev–Trinajstić information content (AvgIpc) is 2.40. The van der Waals surface area contributed by atoms with Crippen molar-refractivity contribution in [2.24, 2.45) is 17.6 Å². The largest absolute Gasteiger partial charge is 0.480 e. The van der Waals surface area contributed by atoms with E-state index in [1.807, 2.05) is 0 Å². The molecule has 0 amide bonds. The van der Waals surface area contributed by atoms with Crippen molar-refractivity contribution in [1.29, 1.82) is 0 Å². The van der Waals surface area contributed by atoms with Crippen molar-refractivity contribution in [3.63, 3.8) is 0 Å². The molecule has 1 saturated heterocycles. The molecule has 0 spiro atoms. The first-order valence-electron chi connectivity index (χ1n) is 5.33. The third-order valence-corrected chi connectivity index (χ3v) is 3.99. The highest BCUT2D eigenvalue weighted by Crippen LogP contribution is 2.43. The van der Waals surface area contributed by atoms with Crippen molar-refractivity contribution in [3.05, 3.63) is 0 Å². The van der Waals surface area contributed by atoms with E-state index in [-0.39, 0.29) is 11.8 Å². The van der Waals surface area contributed by atoms with Gasteiger partial charge in [-0.2, -0.15) is 0 Å². The fourth-order valence-corrected chi connectivity index (χ4v) is 3.00. The summed E-state index contributed by atoms with van der Waals surface area (Å²) in [4.78, 5) is 13.5. The fraction of sp³-hybridized carbons (Fsp3) is 0.900. The van der Waals surface area contributed by atoms with Gasteiger partial charge in [0.05, 0.1) is 0 Å². The van der Waals surface area contributed by atoms with Crippen LogP contribution in [0.3, 0.4) is 0 Å². The zero-order chi connectivity index (χ0) is 10.3. The van der Waals surface area contributed by atoms with Gasteiger partial charge < -0.3 is 15.7 Å². The number of likely N-dealkylation sites (tertiary alicyclic amines) is 1. The van der Waals surface area contributed by atoms with Gasteiger partial charge in [-0.3, -0.25) is 4.79 Å². The van der Waals surface area contributed by atoms with Crippen LogP contribution in [0.5, 0.6) is 0 Å². The third kappa shape index (κ3) is 1.17. The minimum Gasteiger partial charge on any atom is -0.480 e. The lowest BCUT2D eigenvalue weighted by Gasteiger charge is -2.42. The summed E-state index contributed by atoms with van der Waals surface area (Å²) in [7, 11) is 0. The van der Waals surface area contributed by atoms with E-state index in [2.05, 4.69) is 11.8 Å². The van der Waals surface area contributed by atoms with Crippen molar-refractivity contribution in [2.75, 3.05) is 19.6 Å². The molecule has 1 saturated carbocycles.